The molecule has 4 heterocycles. The molecule has 172 valence electrons. The minimum atomic E-state index is 0.00135. The van der Waals surface area contributed by atoms with Crippen LogP contribution in [0.25, 0.3) is 15.7 Å². The van der Waals surface area contributed by atoms with E-state index in [1.54, 1.807) is 35.5 Å². The third-order valence-corrected chi connectivity index (χ3v) is 7.21. The smallest absolute Gasteiger partial charge is 0.223 e. The lowest BCUT2D eigenvalue weighted by Crippen LogP contribution is -2.37. The van der Waals surface area contributed by atoms with E-state index in [4.69, 9.17) is 4.74 Å². The molecule has 4 aromatic rings. The summed E-state index contributed by atoms with van der Waals surface area (Å²) < 4.78 is 7.35. The van der Waals surface area contributed by atoms with Gasteiger partial charge in [0.05, 0.1) is 29.9 Å². The molecule has 2 N–H and O–H groups in total. The molecule has 10 heteroatoms. The Hall–Kier alpha value is -3.24. The maximum absolute atomic E-state index is 12.7. The summed E-state index contributed by atoms with van der Waals surface area (Å²) in [6, 6.07) is 3.93. The number of methoxy groups -OCH3 is 1. The number of anilines is 2. The van der Waals surface area contributed by atoms with E-state index in [0.717, 1.165) is 53.0 Å². The Kier molecular flexibility index (Phi) is 5.86. The summed E-state index contributed by atoms with van der Waals surface area (Å²) in [5.74, 6) is 1.58. The number of fused-ring (bicyclic) bond motifs is 4. The highest BCUT2D eigenvalue weighted by molar-refractivity contribution is 7.19. The predicted molar refractivity (Wildman–Crippen MR) is 130 cm³/mol. The van der Waals surface area contributed by atoms with Crippen molar-refractivity contribution in [3.05, 3.63) is 41.3 Å². The molecule has 0 spiro atoms. The summed E-state index contributed by atoms with van der Waals surface area (Å²) in [5, 5.41) is 11.9. The number of nitrogens with one attached hydrogen (secondary N) is 2. The highest BCUT2D eigenvalue weighted by Crippen LogP contribution is 2.41. The molecule has 33 heavy (non-hydrogen) atoms. The fourth-order valence-corrected chi connectivity index (χ4v) is 5.58. The van der Waals surface area contributed by atoms with E-state index in [1.165, 1.54) is 10.4 Å². The largest absolute Gasteiger partial charge is 0.493 e. The van der Waals surface area contributed by atoms with Crippen molar-refractivity contribution < 1.29 is 9.53 Å². The quantitative estimate of drug-likeness (QED) is 0.433. The van der Waals surface area contributed by atoms with Crippen molar-refractivity contribution in [1.82, 2.24) is 29.8 Å². The normalized spacial score (nSPS) is 15.7. The standard InChI is InChI=1S/C23H27N7O2S/c1-29(2)9-8-24-22(31)14-4-5-16-19(10-14)33-23-20(16)21(25-13-26-23)28-17-11-15-6-7-27-30(15)12-18(17)32-3/h6-7,11-14H,4-5,8-10H2,1-3H3,(H,24,31)(H,25,26,28)/t14-/m0/s1. The molecule has 0 saturated carbocycles. The molecule has 5 rings (SSSR count). The van der Waals surface area contributed by atoms with Crippen molar-refractivity contribution in [2.24, 2.45) is 5.92 Å². The highest BCUT2D eigenvalue weighted by atomic mass is 32.1. The van der Waals surface area contributed by atoms with Crippen LogP contribution >= 0.6 is 11.3 Å². The van der Waals surface area contributed by atoms with Crippen molar-refractivity contribution in [2.75, 3.05) is 39.6 Å². The van der Waals surface area contributed by atoms with Crippen LogP contribution < -0.4 is 15.4 Å². The lowest BCUT2D eigenvalue weighted by atomic mass is 9.87. The molecular formula is C23H27N7O2S. The van der Waals surface area contributed by atoms with E-state index in [1.807, 2.05) is 32.4 Å². The average molecular weight is 466 g/mol. The van der Waals surface area contributed by atoms with Crippen LogP contribution in [-0.2, 0) is 17.6 Å². The lowest BCUT2D eigenvalue weighted by molar-refractivity contribution is -0.125. The van der Waals surface area contributed by atoms with Crippen molar-refractivity contribution >= 4 is 44.5 Å². The summed E-state index contributed by atoms with van der Waals surface area (Å²) in [6.07, 6.45) is 7.59. The van der Waals surface area contributed by atoms with Crippen LogP contribution in [-0.4, -0.2) is 64.7 Å². The Morgan fingerprint density at radius 2 is 2.24 bits per heavy atom. The molecule has 9 nitrogen and oxygen atoms in total. The Balaban J connectivity index is 1.42. The van der Waals surface area contributed by atoms with E-state index in [-0.39, 0.29) is 11.8 Å². The zero-order chi connectivity index (χ0) is 22.9. The van der Waals surface area contributed by atoms with Crippen LogP contribution in [0.2, 0.25) is 0 Å². The molecular weight excluding hydrogens is 438 g/mol. The number of aryl methyl sites for hydroxylation is 1. The van der Waals surface area contributed by atoms with E-state index < -0.39 is 0 Å². The molecule has 1 aliphatic carbocycles. The van der Waals surface area contributed by atoms with Gasteiger partial charge in [-0.05, 0) is 51.1 Å². The topological polar surface area (TPSA) is 96.7 Å². The fraction of sp³-hybridized carbons (Fsp3) is 0.391. The summed E-state index contributed by atoms with van der Waals surface area (Å²) in [6.45, 7) is 1.51. The monoisotopic (exact) mass is 465 g/mol. The summed E-state index contributed by atoms with van der Waals surface area (Å²) >= 11 is 1.66. The van der Waals surface area contributed by atoms with Crippen molar-refractivity contribution in [3.63, 3.8) is 0 Å². The number of hydrogen-bond donors (Lipinski definition) is 2. The van der Waals surface area contributed by atoms with E-state index >= 15 is 0 Å². The number of amides is 1. The molecule has 1 atom stereocenters. The van der Waals surface area contributed by atoms with Crippen LogP contribution in [0.3, 0.4) is 0 Å². The van der Waals surface area contributed by atoms with Gasteiger partial charge in [0.25, 0.3) is 0 Å². The van der Waals surface area contributed by atoms with E-state index in [9.17, 15) is 4.79 Å². The Morgan fingerprint density at radius 1 is 1.36 bits per heavy atom. The number of hydrogen-bond acceptors (Lipinski definition) is 8. The number of carbonyl (C=O) groups excluding carboxylic acids is 1. The number of aromatic nitrogens is 4. The maximum atomic E-state index is 12.7. The maximum Gasteiger partial charge on any atom is 0.223 e. The van der Waals surface area contributed by atoms with Crippen molar-refractivity contribution in [2.45, 2.75) is 19.3 Å². The predicted octanol–water partition coefficient (Wildman–Crippen LogP) is 2.87. The van der Waals surface area contributed by atoms with Gasteiger partial charge < -0.3 is 20.3 Å². The van der Waals surface area contributed by atoms with Gasteiger partial charge in [-0.2, -0.15) is 5.10 Å². The first-order chi connectivity index (χ1) is 16.0. The molecule has 0 radical (unpaired) electrons. The van der Waals surface area contributed by atoms with Crippen LogP contribution in [0.15, 0.2) is 30.9 Å². The van der Waals surface area contributed by atoms with E-state index in [0.29, 0.717) is 12.3 Å². The molecule has 0 unspecified atom stereocenters. The van der Waals surface area contributed by atoms with Gasteiger partial charge in [0, 0.05) is 30.1 Å². The number of ether oxygens (including phenoxy) is 1. The Morgan fingerprint density at radius 3 is 3.06 bits per heavy atom. The third kappa shape index (κ3) is 4.23. The second-order valence-corrected chi connectivity index (χ2v) is 9.60. The van der Waals surface area contributed by atoms with Gasteiger partial charge in [-0.25, -0.2) is 14.5 Å². The van der Waals surface area contributed by atoms with Gasteiger partial charge in [0.1, 0.15) is 17.0 Å². The highest BCUT2D eigenvalue weighted by Gasteiger charge is 2.29. The van der Waals surface area contributed by atoms with Crippen molar-refractivity contribution in [3.8, 4) is 5.75 Å². The number of likely N-dealkylation sites (N-methyl/N-ethyl adjacent to an activating group) is 1. The molecule has 0 bridgehead atoms. The molecule has 1 aliphatic rings. The molecule has 0 saturated heterocycles. The van der Waals surface area contributed by atoms with E-state index in [2.05, 4.69) is 30.6 Å². The minimum absolute atomic E-state index is 0.00135. The molecule has 0 aromatic carbocycles. The van der Waals surface area contributed by atoms with Gasteiger partial charge in [-0.15, -0.1) is 11.3 Å². The second kappa shape index (κ2) is 8.95. The lowest BCUT2D eigenvalue weighted by Gasteiger charge is -2.22. The van der Waals surface area contributed by atoms with Crippen LogP contribution in [0.5, 0.6) is 5.75 Å². The molecule has 4 aromatic heterocycles. The van der Waals surface area contributed by atoms with Gasteiger partial charge in [0.15, 0.2) is 5.75 Å². The summed E-state index contributed by atoms with van der Waals surface area (Å²) in [5.41, 5.74) is 3.03. The summed E-state index contributed by atoms with van der Waals surface area (Å²) in [7, 11) is 5.65. The Bertz CT molecular complexity index is 1310. The van der Waals surface area contributed by atoms with Crippen LogP contribution in [0, 0.1) is 5.92 Å². The SMILES string of the molecule is COc1cn2nccc2cc1Nc1ncnc2sc3c(c12)CC[C@H](C(=O)NCCN(C)C)C3. The first-order valence-electron chi connectivity index (χ1n) is 11.0. The number of nitrogens with zero attached hydrogens (tertiary/aromatic N) is 5. The van der Waals surface area contributed by atoms with Crippen LogP contribution in [0.1, 0.15) is 16.9 Å². The zero-order valence-corrected chi connectivity index (χ0v) is 19.8. The van der Waals surface area contributed by atoms with Gasteiger partial charge in [-0.3, -0.25) is 4.79 Å². The van der Waals surface area contributed by atoms with Gasteiger partial charge in [-0.1, -0.05) is 0 Å². The minimum Gasteiger partial charge on any atom is -0.493 e. The zero-order valence-electron chi connectivity index (χ0n) is 19.0. The number of carbonyl (C=O) groups is 1. The number of rotatable bonds is 7. The third-order valence-electron chi connectivity index (χ3n) is 6.05. The number of thiophene rings is 1. The molecule has 0 aliphatic heterocycles. The first kappa shape index (κ1) is 21.6. The molecule has 1 amide bonds. The van der Waals surface area contributed by atoms with Gasteiger partial charge >= 0.3 is 0 Å². The second-order valence-electron chi connectivity index (χ2n) is 8.52. The van der Waals surface area contributed by atoms with Gasteiger partial charge in [0.2, 0.25) is 5.91 Å². The first-order valence-corrected chi connectivity index (χ1v) is 11.8. The molecule has 0 fully saturated rings. The Labute approximate surface area is 195 Å². The van der Waals surface area contributed by atoms with Crippen molar-refractivity contribution in [1.29, 1.82) is 0 Å². The average Bonchev–Trinajstić information content (AvgIpc) is 3.41. The van der Waals surface area contributed by atoms with Crippen LogP contribution in [0.4, 0.5) is 11.5 Å². The summed E-state index contributed by atoms with van der Waals surface area (Å²) in [4.78, 5) is 26.0. The number of pyridine rings is 1. The fourth-order valence-electron chi connectivity index (χ4n) is 4.31.